The van der Waals surface area contributed by atoms with E-state index in [1.165, 1.54) is 0 Å². The lowest BCUT2D eigenvalue weighted by Crippen LogP contribution is -2.55. The van der Waals surface area contributed by atoms with Crippen LogP contribution in [0.2, 0.25) is 0 Å². The molecule has 2 N–H and O–H groups in total. The van der Waals surface area contributed by atoms with Crippen LogP contribution in [0.15, 0.2) is 0 Å². The molecule has 5 nitrogen and oxygen atoms in total. The number of hydrogen-bond donors (Lipinski definition) is 2. The van der Waals surface area contributed by atoms with Crippen molar-refractivity contribution in [3.8, 4) is 12.3 Å². The van der Waals surface area contributed by atoms with Gasteiger partial charge in [-0.15, -0.1) is 6.42 Å². The lowest BCUT2D eigenvalue weighted by Gasteiger charge is -2.39. The van der Waals surface area contributed by atoms with E-state index in [9.17, 15) is 14.7 Å². The standard InChI is InChI=1S/C13H20N2O3/c1-4-6-14-12(16)10(3)15-7-5-9(2)8-11(15)13(17)18/h1,9-11H,5-8H2,2-3H3,(H,14,16)(H,17,18). The maximum absolute atomic E-state index is 11.8. The second kappa shape index (κ2) is 6.41. The van der Waals surface area contributed by atoms with E-state index in [0.29, 0.717) is 18.9 Å². The number of amides is 1. The summed E-state index contributed by atoms with van der Waals surface area (Å²) in [6.45, 7) is 4.56. The number of hydrogen-bond acceptors (Lipinski definition) is 3. The maximum Gasteiger partial charge on any atom is 0.320 e. The fourth-order valence-electron chi connectivity index (χ4n) is 2.30. The smallest absolute Gasteiger partial charge is 0.320 e. The summed E-state index contributed by atoms with van der Waals surface area (Å²) >= 11 is 0. The van der Waals surface area contributed by atoms with Gasteiger partial charge in [-0.05, 0) is 25.7 Å². The van der Waals surface area contributed by atoms with Crippen molar-refractivity contribution in [2.45, 2.75) is 38.8 Å². The summed E-state index contributed by atoms with van der Waals surface area (Å²) in [6.07, 6.45) is 6.58. The molecule has 1 fully saturated rings. The third kappa shape index (κ3) is 3.47. The van der Waals surface area contributed by atoms with Crippen LogP contribution in [0.5, 0.6) is 0 Å². The third-order valence-corrected chi connectivity index (χ3v) is 3.43. The minimum atomic E-state index is -0.863. The number of carboxylic acids is 1. The highest BCUT2D eigenvalue weighted by Gasteiger charge is 2.36. The zero-order valence-corrected chi connectivity index (χ0v) is 10.8. The van der Waals surface area contributed by atoms with Crippen LogP contribution in [-0.2, 0) is 9.59 Å². The van der Waals surface area contributed by atoms with Gasteiger partial charge in [0.25, 0.3) is 0 Å². The number of likely N-dealkylation sites (tertiary alicyclic amines) is 1. The Morgan fingerprint density at radius 1 is 1.61 bits per heavy atom. The number of carbonyl (C=O) groups excluding carboxylic acids is 1. The molecule has 0 bridgehead atoms. The van der Waals surface area contributed by atoms with Gasteiger partial charge in [0.05, 0.1) is 12.6 Å². The molecule has 3 unspecified atom stereocenters. The van der Waals surface area contributed by atoms with Gasteiger partial charge < -0.3 is 10.4 Å². The van der Waals surface area contributed by atoms with Crippen LogP contribution < -0.4 is 5.32 Å². The number of nitrogens with one attached hydrogen (secondary N) is 1. The number of rotatable bonds is 4. The van der Waals surface area contributed by atoms with Crippen LogP contribution in [0, 0.1) is 18.3 Å². The van der Waals surface area contributed by atoms with E-state index in [2.05, 4.69) is 11.2 Å². The first kappa shape index (κ1) is 14.5. The molecule has 1 aliphatic rings. The summed E-state index contributed by atoms with van der Waals surface area (Å²) in [5.41, 5.74) is 0. The van der Waals surface area contributed by atoms with Gasteiger partial charge >= 0.3 is 5.97 Å². The molecule has 1 heterocycles. The van der Waals surface area contributed by atoms with Crippen molar-refractivity contribution in [2.75, 3.05) is 13.1 Å². The Hall–Kier alpha value is -1.54. The van der Waals surface area contributed by atoms with Crippen molar-refractivity contribution in [2.24, 2.45) is 5.92 Å². The van der Waals surface area contributed by atoms with Gasteiger partial charge in [-0.3, -0.25) is 14.5 Å². The average molecular weight is 252 g/mol. The van der Waals surface area contributed by atoms with Gasteiger partial charge in [0.15, 0.2) is 0 Å². The Morgan fingerprint density at radius 3 is 2.83 bits per heavy atom. The van der Waals surface area contributed by atoms with Crippen LogP contribution >= 0.6 is 0 Å². The van der Waals surface area contributed by atoms with E-state index in [0.717, 1.165) is 6.42 Å². The van der Waals surface area contributed by atoms with Gasteiger partial charge in [0.1, 0.15) is 6.04 Å². The Balaban J connectivity index is 2.70. The number of piperidine rings is 1. The molecule has 0 aromatic heterocycles. The molecule has 1 aliphatic heterocycles. The van der Waals surface area contributed by atoms with Gasteiger partial charge in [-0.2, -0.15) is 0 Å². The molecule has 0 aromatic carbocycles. The largest absolute Gasteiger partial charge is 0.480 e. The molecule has 1 saturated heterocycles. The summed E-state index contributed by atoms with van der Waals surface area (Å²) in [7, 11) is 0. The first-order valence-corrected chi connectivity index (χ1v) is 6.17. The third-order valence-electron chi connectivity index (χ3n) is 3.43. The van der Waals surface area contributed by atoms with Gasteiger partial charge in [-0.1, -0.05) is 12.8 Å². The van der Waals surface area contributed by atoms with E-state index < -0.39 is 18.1 Å². The highest BCUT2D eigenvalue weighted by atomic mass is 16.4. The molecular formula is C13H20N2O3. The van der Waals surface area contributed by atoms with Crippen LogP contribution in [0.3, 0.4) is 0 Å². The molecule has 1 amide bonds. The van der Waals surface area contributed by atoms with Crippen molar-refractivity contribution in [1.29, 1.82) is 0 Å². The normalized spacial score (nSPS) is 26.1. The molecule has 18 heavy (non-hydrogen) atoms. The lowest BCUT2D eigenvalue weighted by molar-refractivity contribution is -0.148. The highest BCUT2D eigenvalue weighted by molar-refractivity contribution is 5.83. The molecule has 5 heteroatoms. The fraction of sp³-hybridized carbons (Fsp3) is 0.692. The quantitative estimate of drug-likeness (QED) is 0.707. The topological polar surface area (TPSA) is 69.6 Å². The van der Waals surface area contributed by atoms with Crippen molar-refractivity contribution < 1.29 is 14.7 Å². The SMILES string of the molecule is C#CCNC(=O)C(C)N1CCC(C)CC1C(=O)O. The van der Waals surface area contributed by atoms with E-state index in [1.54, 1.807) is 11.8 Å². The van der Waals surface area contributed by atoms with Gasteiger partial charge in [0, 0.05) is 6.54 Å². The van der Waals surface area contributed by atoms with Crippen LogP contribution in [-0.4, -0.2) is 47.1 Å². The van der Waals surface area contributed by atoms with Crippen molar-refractivity contribution in [3.63, 3.8) is 0 Å². The predicted molar refractivity (Wildman–Crippen MR) is 67.8 cm³/mol. The van der Waals surface area contributed by atoms with Crippen LogP contribution in [0.1, 0.15) is 26.7 Å². The first-order chi connectivity index (χ1) is 8.47. The summed E-state index contributed by atoms with van der Waals surface area (Å²) in [6, 6.07) is -1.05. The molecule has 100 valence electrons. The summed E-state index contributed by atoms with van der Waals surface area (Å²) in [5, 5.41) is 11.8. The predicted octanol–water partition coefficient (Wildman–Crippen LogP) is 0.309. The number of terminal acetylenes is 1. The van der Waals surface area contributed by atoms with Crippen molar-refractivity contribution >= 4 is 11.9 Å². The average Bonchev–Trinajstić information content (AvgIpc) is 2.34. The number of carbonyl (C=O) groups is 2. The van der Waals surface area contributed by atoms with Crippen molar-refractivity contribution in [1.82, 2.24) is 10.2 Å². The molecule has 0 aromatic rings. The second-order valence-corrected chi connectivity index (χ2v) is 4.82. The van der Waals surface area contributed by atoms with Gasteiger partial charge in [0.2, 0.25) is 5.91 Å². The number of aliphatic carboxylic acids is 1. The van der Waals surface area contributed by atoms with E-state index in [-0.39, 0.29) is 12.5 Å². The monoisotopic (exact) mass is 252 g/mol. The molecule has 1 rings (SSSR count). The highest BCUT2D eigenvalue weighted by Crippen LogP contribution is 2.24. The molecule has 0 aliphatic carbocycles. The Bertz CT molecular complexity index is 362. The minimum Gasteiger partial charge on any atom is -0.480 e. The Kier molecular flexibility index (Phi) is 5.17. The molecule has 0 saturated carbocycles. The summed E-state index contributed by atoms with van der Waals surface area (Å²) in [5.74, 6) is 1.63. The molecular weight excluding hydrogens is 232 g/mol. The van der Waals surface area contributed by atoms with E-state index in [1.807, 2.05) is 6.92 Å². The molecule has 0 radical (unpaired) electrons. The second-order valence-electron chi connectivity index (χ2n) is 4.82. The number of carboxylic acid groups (broad SMARTS) is 1. The first-order valence-electron chi connectivity index (χ1n) is 6.17. The van der Waals surface area contributed by atoms with Crippen LogP contribution in [0.4, 0.5) is 0 Å². The van der Waals surface area contributed by atoms with E-state index in [4.69, 9.17) is 6.42 Å². The van der Waals surface area contributed by atoms with E-state index >= 15 is 0 Å². The summed E-state index contributed by atoms with van der Waals surface area (Å²) in [4.78, 5) is 24.8. The minimum absolute atomic E-state index is 0.172. The zero-order valence-electron chi connectivity index (χ0n) is 10.8. The van der Waals surface area contributed by atoms with Crippen molar-refractivity contribution in [3.05, 3.63) is 0 Å². The maximum atomic E-state index is 11.8. The zero-order chi connectivity index (χ0) is 13.7. The fourth-order valence-corrected chi connectivity index (χ4v) is 2.30. The van der Waals surface area contributed by atoms with Gasteiger partial charge in [-0.25, -0.2) is 0 Å². The molecule has 0 spiro atoms. The number of nitrogens with zero attached hydrogens (tertiary/aromatic N) is 1. The Labute approximate surface area is 108 Å². The lowest BCUT2D eigenvalue weighted by atomic mass is 9.91. The summed E-state index contributed by atoms with van der Waals surface area (Å²) < 4.78 is 0. The molecule has 3 atom stereocenters. The van der Waals surface area contributed by atoms with Crippen LogP contribution in [0.25, 0.3) is 0 Å². The Morgan fingerprint density at radius 2 is 2.28 bits per heavy atom.